The SMILES string of the molecule is COCC/C(C=O)=C(/C)Cl. The molecule has 0 bridgehead atoms. The summed E-state index contributed by atoms with van der Waals surface area (Å²) in [7, 11) is 1.59. The number of rotatable bonds is 4. The van der Waals surface area contributed by atoms with Crippen molar-refractivity contribution < 1.29 is 9.53 Å². The van der Waals surface area contributed by atoms with Crippen LogP contribution < -0.4 is 0 Å². The maximum Gasteiger partial charge on any atom is 0.147 e. The molecular formula is C7H11ClO2. The number of allylic oxidation sites excluding steroid dienone is 1. The third-order valence-corrected chi connectivity index (χ3v) is 1.40. The first-order valence-electron chi connectivity index (χ1n) is 3.01. The lowest BCUT2D eigenvalue weighted by atomic mass is 10.2. The molecule has 3 heteroatoms. The zero-order valence-electron chi connectivity index (χ0n) is 6.19. The molecule has 0 aliphatic heterocycles. The van der Waals surface area contributed by atoms with Crippen molar-refractivity contribution in [2.75, 3.05) is 13.7 Å². The molecule has 2 nitrogen and oxygen atoms in total. The summed E-state index contributed by atoms with van der Waals surface area (Å²) in [4.78, 5) is 10.3. The van der Waals surface area contributed by atoms with E-state index in [9.17, 15) is 4.79 Å². The predicted octanol–water partition coefficient (Wildman–Crippen LogP) is 1.73. The molecule has 0 aliphatic carbocycles. The van der Waals surface area contributed by atoms with Gasteiger partial charge in [0.05, 0.1) is 6.61 Å². The third kappa shape index (κ3) is 3.64. The van der Waals surface area contributed by atoms with Crippen LogP contribution >= 0.6 is 11.6 Å². The van der Waals surface area contributed by atoms with Gasteiger partial charge < -0.3 is 4.74 Å². The Hall–Kier alpha value is -0.340. The van der Waals surface area contributed by atoms with Crippen molar-refractivity contribution in [1.29, 1.82) is 0 Å². The lowest BCUT2D eigenvalue weighted by Crippen LogP contribution is -1.94. The summed E-state index contributed by atoms with van der Waals surface area (Å²) in [6, 6.07) is 0. The van der Waals surface area contributed by atoms with Gasteiger partial charge in [-0.3, -0.25) is 4.79 Å². The van der Waals surface area contributed by atoms with Crippen molar-refractivity contribution in [3.8, 4) is 0 Å². The molecule has 0 amide bonds. The van der Waals surface area contributed by atoms with Gasteiger partial charge in [0.25, 0.3) is 0 Å². The average Bonchev–Trinajstić information content (AvgIpc) is 1.89. The summed E-state index contributed by atoms with van der Waals surface area (Å²) in [5.41, 5.74) is 0.614. The van der Waals surface area contributed by atoms with Crippen LogP contribution in [-0.4, -0.2) is 20.0 Å². The summed E-state index contributed by atoms with van der Waals surface area (Å²) in [5.74, 6) is 0. The number of carbonyl (C=O) groups is 1. The van der Waals surface area contributed by atoms with Crippen molar-refractivity contribution in [3.63, 3.8) is 0 Å². The summed E-state index contributed by atoms with van der Waals surface area (Å²) in [6.07, 6.45) is 1.36. The second-order valence-electron chi connectivity index (χ2n) is 1.92. The Morgan fingerprint density at radius 2 is 2.30 bits per heavy atom. The number of halogens is 1. The molecule has 0 saturated carbocycles. The number of ether oxygens (including phenoxy) is 1. The molecule has 0 saturated heterocycles. The second kappa shape index (κ2) is 5.45. The van der Waals surface area contributed by atoms with E-state index < -0.39 is 0 Å². The summed E-state index contributed by atoms with van der Waals surface area (Å²) in [5, 5.41) is 0.548. The van der Waals surface area contributed by atoms with Crippen LogP contribution in [0.25, 0.3) is 0 Å². The Morgan fingerprint density at radius 3 is 2.60 bits per heavy atom. The molecule has 0 aliphatic rings. The Labute approximate surface area is 65.8 Å². The molecule has 10 heavy (non-hydrogen) atoms. The van der Waals surface area contributed by atoms with Crippen LogP contribution in [0.2, 0.25) is 0 Å². The van der Waals surface area contributed by atoms with Gasteiger partial charge in [0.15, 0.2) is 0 Å². The first-order chi connectivity index (χ1) is 4.72. The van der Waals surface area contributed by atoms with Gasteiger partial charge in [-0.2, -0.15) is 0 Å². The lowest BCUT2D eigenvalue weighted by Gasteiger charge is -1.98. The van der Waals surface area contributed by atoms with Crippen molar-refractivity contribution in [2.24, 2.45) is 0 Å². The molecule has 0 rings (SSSR count). The van der Waals surface area contributed by atoms with Crippen molar-refractivity contribution in [1.82, 2.24) is 0 Å². The molecule has 0 N–H and O–H groups in total. The molecule has 0 radical (unpaired) electrons. The first-order valence-corrected chi connectivity index (χ1v) is 3.39. The van der Waals surface area contributed by atoms with Gasteiger partial charge in [-0.1, -0.05) is 11.6 Å². The Morgan fingerprint density at radius 1 is 1.70 bits per heavy atom. The fraction of sp³-hybridized carbons (Fsp3) is 0.571. The van der Waals surface area contributed by atoms with Gasteiger partial charge in [-0.25, -0.2) is 0 Å². The Balaban J connectivity index is 3.85. The van der Waals surface area contributed by atoms with E-state index in [1.54, 1.807) is 14.0 Å². The highest BCUT2D eigenvalue weighted by molar-refractivity contribution is 6.30. The minimum atomic E-state index is 0.540. The monoisotopic (exact) mass is 162 g/mol. The summed E-state index contributed by atoms with van der Waals surface area (Å²) in [6.45, 7) is 2.24. The molecule has 0 aromatic carbocycles. The van der Waals surface area contributed by atoms with E-state index >= 15 is 0 Å². The maximum atomic E-state index is 10.3. The van der Waals surface area contributed by atoms with Crippen LogP contribution in [0.5, 0.6) is 0 Å². The van der Waals surface area contributed by atoms with Crippen molar-refractivity contribution in [3.05, 3.63) is 10.6 Å². The fourth-order valence-corrected chi connectivity index (χ4v) is 0.663. The number of methoxy groups -OCH3 is 1. The van der Waals surface area contributed by atoms with E-state index in [0.29, 0.717) is 23.6 Å². The van der Waals surface area contributed by atoms with Gasteiger partial charge in [-0.05, 0) is 6.92 Å². The molecule has 0 atom stereocenters. The van der Waals surface area contributed by atoms with E-state index in [2.05, 4.69) is 0 Å². The molecule has 0 aromatic rings. The number of hydrogen-bond donors (Lipinski definition) is 0. The van der Waals surface area contributed by atoms with Crippen molar-refractivity contribution >= 4 is 17.9 Å². The second-order valence-corrected chi connectivity index (χ2v) is 2.49. The lowest BCUT2D eigenvalue weighted by molar-refractivity contribution is -0.105. The number of aldehydes is 1. The highest BCUT2D eigenvalue weighted by Gasteiger charge is 1.97. The zero-order valence-corrected chi connectivity index (χ0v) is 6.94. The largest absolute Gasteiger partial charge is 0.384 e. The summed E-state index contributed by atoms with van der Waals surface area (Å²) >= 11 is 5.57. The third-order valence-electron chi connectivity index (χ3n) is 1.16. The minimum Gasteiger partial charge on any atom is -0.384 e. The van der Waals surface area contributed by atoms with Crippen molar-refractivity contribution in [2.45, 2.75) is 13.3 Å². The minimum absolute atomic E-state index is 0.540. The quantitative estimate of drug-likeness (QED) is 0.465. The average molecular weight is 163 g/mol. The Bertz CT molecular complexity index is 137. The molecular weight excluding hydrogens is 152 g/mol. The topological polar surface area (TPSA) is 26.3 Å². The van der Waals surface area contributed by atoms with E-state index in [1.807, 2.05) is 0 Å². The number of carbonyl (C=O) groups excluding carboxylic acids is 1. The van der Waals surface area contributed by atoms with Crippen LogP contribution in [0.15, 0.2) is 10.6 Å². The van der Waals surface area contributed by atoms with E-state index in [-0.39, 0.29) is 0 Å². The van der Waals surface area contributed by atoms with E-state index in [0.717, 1.165) is 6.29 Å². The van der Waals surface area contributed by atoms with Crippen LogP contribution in [0.3, 0.4) is 0 Å². The first kappa shape index (κ1) is 9.66. The van der Waals surface area contributed by atoms with Crippen LogP contribution in [0.4, 0.5) is 0 Å². The molecule has 0 heterocycles. The summed E-state index contributed by atoms with van der Waals surface area (Å²) < 4.78 is 4.77. The fourth-order valence-electron chi connectivity index (χ4n) is 0.524. The molecule has 0 fully saturated rings. The molecule has 0 unspecified atom stereocenters. The van der Waals surface area contributed by atoms with Gasteiger partial charge in [0, 0.05) is 24.1 Å². The van der Waals surface area contributed by atoms with Crippen LogP contribution in [0, 0.1) is 0 Å². The van der Waals surface area contributed by atoms with Gasteiger partial charge in [0.2, 0.25) is 0 Å². The van der Waals surface area contributed by atoms with E-state index in [4.69, 9.17) is 16.3 Å². The van der Waals surface area contributed by atoms with E-state index in [1.165, 1.54) is 0 Å². The Kier molecular flexibility index (Phi) is 5.26. The highest BCUT2D eigenvalue weighted by Crippen LogP contribution is 2.09. The maximum absolute atomic E-state index is 10.3. The highest BCUT2D eigenvalue weighted by atomic mass is 35.5. The van der Waals surface area contributed by atoms with Gasteiger partial charge in [-0.15, -0.1) is 0 Å². The van der Waals surface area contributed by atoms with Crippen LogP contribution in [-0.2, 0) is 9.53 Å². The van der Waals surface area contributed by atoms with Gasteiger partial charge >= 0.3 is 0 Å². The normalized spacial score (nSPS) is 12.7. The molecule has 0 spiro atoms. The van der Waals surface area contributed by atoms with Gasteiger partial charge in [0.1, 0.15) is 6.29 Å². The smallest absolute Gasteiger partial charge is 0.147 e. The molecule has 58 valence electrons. The molecule has 0 aromatic heterocycles. The zero-order chi connectivity index (χ0) is 7.98. The van der Waals surface area contributed by atoms with Crippen LogP contribution in [0.1, 0.15) is 13.3 Å². The predicted molar refractivity (Wildman–Crippen MR) is 41.1 cm³/mol. The number of hydrogen-bond acceptors (Lipinski definition) is 2. The standard InChI is InChI=1S/C7H11ClO2/c1-6(8)7(5-9)3-4-10-2/h5H,3-4H2,1-2H3/b7-6+.